The fourth-order valence-corrected chi connectivity index (χ4v) is 2.49. The molecule has 23 heavy (non-hydrogen) atoms. The summed E-state index contributed by atoms with van der Waals surface area (Å²) in [6.45, 7) is 19.5. The van der Waals surface area contributed by atoms with Crippen molar-refractivity contribution in [2.24, 2.45) is 5.92 Å². The molecule has 3 heteroatoms. The third kappa shape index (κ3) is 9.09. The van der Waals surface area contributed by atoms with E-state index in [1.54, 1.807) is 13.8 Å². The highest BCUT2D eigenvalue weighted by atomic mass is 16.3. The van der Waals surface area contributed by atoms with Crippen LogP contribution in [-0.4, -0.2) is 41.4 Å². The van der Waals surface area contributed by atoms with Gasteiger partial charge in [-0.15, -0.1) is 0 Å². The molecule has 0 radical (unpaired) electrons. The fraction of sp³-hybridized carbons (Fsp3) is 0.700. The summed E-state index contributed by atoms with van der Waals surface area (Å²) in [5.74, 6) is 0.887. The minimum Gasteiger partial charge on any atom is -0.397 e. The van der Waals surface area contributed by atoms with Gasteiger partial charge in [0.2, 0.25) is 0 Å². The van der Waals surface area contributed by atoms with E-state index in [4.69, 9.17) is 10.2 Å². The Morgan fingerprint density at radius 1 is 1.09 bits per heavy atom. The maximum Gasteiger partial charge on any atom is 0.0402 e. The average molecular weight is 326 g/mol. The van der Waals surface area contributed by atoms with Crippen molar-refractivity contribution in [1.82, 2.24) is 4.90 Å². The molecule has 1 unspecified atom stereocenters. The molecule has 136 valence electrons. The van der Waals surface area contributed by atoms with Crippen LogP contribution < -0.4 is 0 Å². The van der Waals surface area contributed by atoms with Gasteiger partial charge in [-0.1, -0.05) is 39.0 Å². The quantitative estimate of drug-likeness (QED) is 0.850. The molecule has 1 atom stereocenters. The van der Waals surface area contributed by atoms with Crippen LogP contribution >= 0.6 is 0 Å². The zero-order valence-electron chi connectivity index (χ0n) is 16.6. The summed E-state index contributed by atoms with van der Waals surface area (Å²) in [4.78, 5) is 2.56. The Morgan fingerprint density at radius 2 is 1.52 bits per heavy atom. The lowest BCUT2D eigenvalue weighted by Gasteiger charge is -2.42. The number of aliphatic hydroxyl groups excluding tert-OH is 2. The number of aryl methyl sites for hydroxylation is 1. The SMILES string of the molecule is CC.CCO.CCO.Cc1cccc(C(C)N2CC(C)C2)c1C. The standard InChI is InChI=1S/C14H21N.2C2H6O.C2H6/c1-10-8-15(9-10)13(4)14-7-5-6-11(2)12(14)3;2*1-2-3;1-2/h5-7,10,13H,8-9H2,1-4H3;2*3H,2H2,1H3;1-2H3. The van der Waals surface area contributed by atoms with Gasteiger partial charge in [-0.05, 0) is 57.2 Å². The molecule has 0 bridgehead atoms. The first-order chi connectivity index (χ1) is 10.9. The minimum atomic E-state index is 0.250. The van der Waals surface area contributed by atoms with E-state index < -0.39 is 0 Å². The van der Waals surface area contributed by atoms with Crippen LogP contribution in [0.1, 0.15) is 64.3 Å². The number of benzene rings is 1. The van der Waals surface area contributed by atoms with E-state index >= 15 is 0 Å². The molecule has 3 nitrogen and oxygen atoms in total. The molecule has 1 saturated heterocycles. The molecule has 1 aromatic rings. The van der Waals surface area contributed by atoms with E-state index in [1.807, 2.05) is 13.8 Å². The van der Waals surface area contributed by atoms with Crippen molar-refractivity contribution in [2.45, 2.75) is 61.4 Å². The van der Waals surface area contributed by atoms with Crippen LogP contribution in [0, 0.1) is 19.8 Å². The van der Waals surface area contributed by atoms with E-state index in [9.17, 15) is 0 Å². The second kappa shape index (κ2) is 14.7. The number of likely N-dealkylation sites (tertiary alicyclic amines) is 1. The predicted molar refractivity (Wildman–Crippen MR) is 102 cm³/mol. The second-order valence-electron chi connectivity index (χ2n) is 5.66. The highest BCUT2D eigenvalue weighted by Crippen LogP contribution is 2.30. The molecular weight excluding hydrogens is 286 g/mol. The molecule has 0 spiro atoms. The smallest absolute Gasteiger partial charge is 0.0402 e. The van der Waals surface area contributed by atoms with Gasteiger partial charge in [0.1, 0.15) is 0 Å². The van der Waals surface area contributed by atoms with Crippen LogP contribution in [0.2, 0.25) is 0 Å². The Bertz CT molecular complexity index is 385. The van der Waals surface area contributed by atoms with Crippen LogP contribution in [0.5, 0.6) is 0 Å². The Morgan fingerprint density at radius 3 is 1.91 bits per heavy atom. The molecule has 1 aliphatic rings. The second-order valence-corrected chi connectivity index (χ2v) is 5.66. The molecule has 1 heterocycles. The van der Waals surface area contributed by atoms with Gasteiger partial charge < -0.3 is 10.2 Å². The number of nitrogens with zero attached hydrogens (tertiary/aromatic N) is 1. The van der Waals surface area contributed by atoms with Gasteiger partial charge in [0.25, 0.3) is 0 Å². The number of hydrogen-bond acceptors (Lipinski definition) is 3. The van der Waals surface area contributed by atoms with Crippen LogP contribution in [0.15, 0.2) is 18.2 Å². The number of rotatable bonds is 2. The van der Waals surface area contributed by atoms with E-state index in [2.05, 4.69) is 50.8 Å². The van der Waals surface area contributed by atoms with Gasteiger partial charge in [0.15, 0.2) is 0 Å². The fourth-order valence-electron chi connectivity index (χ4n) is 2.49. The van der Waals surface area contributed by atoms with Crippen molar-refractivity contribution in [2.75, 3.05) is 26.3 Å². The largest absolute Gasteiger partial charge is 0.397 e. The van der Waals surface area contributed by atoms with E-state index in [-0.39, 0.29) is 13.2 Å². The zero-order valence-corrected chi connectivity index (χ0v) is 16.6. The lowest BCUT2D eigenvalue weighted by atomic mass is 9.93. The summed E-state index contributed by atoms with van der Waals surface area (Å²) < 4.78 is 0. The first-order valence-corrected chi connectivity index (χ1v) is 8.94. The molecule has 1 fully saturated rings. The molecular formula is C20H39NO2. The van der Waals surface area contributed by atoms with Crippen molar-refractivity contribution in [1.29, 1.82) is 0 Å². The maximum absolute atomic E-state index is 7.57. The molecule has 2 N–H and O–H groups in total. The maximum atomic E-state index is 7.57. The normalized spacial score (nSPS) is 14.9. The van der Waals surface area contributed by atoms with Crippen molar-refractivity contribution in [3.05, 3.63) is 34.9 Å². The lowest BCUT2D eigenvalue weighted by molar-refractivity contribution is 0.0699. The molecule has 1 aliphatic heterocycles. The Kier molecular flexibility index (Phi) is 15.5. The Balaban J connectivity index is 0. The van der Waals surface area contributed by atoms with Gasteiger partial charge in [0.05, 0.1) is 0 Å². The monoisotopic (exact) mass is 325 g/mol. The molecule has 0 aliphatic carbocycles. The third-order valence-corrected chi connectivity index (χ3v) is 3.74. The van der Waals surface area contributed by atoms with Crippen LogP contribution in [0.25, 0.3) is 0 Å². The summed E-state index contributed by atoms with van der Waals surface area (Å²) >= 11 is 0. The Labute approximate surface area is 144 Å². The van der Waals surface area contributed by atoms with E-state index in [0.29, 0.717) is 6.04 Å². The van der Waals surface area contributed by atoms with Crippen LogP contribution in [0.3, 0.4) is 0 Å². The van der Waals surface area contributed by atoms with E-state index in [0.717, 1.165) is 5.92 Å². The molecule has 0 saturated carbocycles. The molecule has 2 rings (SSSR count). The summed E-state index contributed by atoms with van der Waals surface area (Å²) in [5, 5.41) is 15.1. The van der Waals surface area contributed by atoms with Gasteiger partial charge >= 0.3 is 0 Å². The lowest BCUT2D eigenvalue weighted by Crippen LogP contribution is -2.46. The van der Waals surface area contributed by atoms with Crippen molar-refractivity contribution < 1.29 is 10.2 Å². The predicted octanol–water partition coefficient (Wildman–Crippen LogP) is 4.34. The first kappa shape index (κ1) is 24.4. The summed E-state index contributed by atoms with van der Waals surface area (Å²) in [6, 6.07) is 7.23. The molecule has 0 amide bonds. The van der Waals surface area contributed by atoms with Crippen LogP contribution in [-0.2, 0) is 0 Å². The van der Waals surface area contributed by atoms with Crippen LogP contribution in [0.4, 0.5) is 0 Å². The van der Waals surface area contributed by atoms with E-state index in [1.165, 1.54) is 29.8 Å². The highest BCUT2D eigenvalue weighted by molar-refractivity contribution is 5.35. The number of aliphatic hydroxyl groups is 2. The van der Waals surface area contributed by atoms with Crippen molar-refractivity contribution >= 4 is 0 Å². The topological polar surface area (TPSA) is 43.7 Å². The minimum absolute atomic E-state index is 0.250. The van der Waals surface area contributed by atoms with Gasteiger partial charge in [-0.3, -0.25) is 4.90 Å². The van der Waals surface area contributed by atoms with Gasteiger partial charge in [0, 0.05) is 32.3 Å². The summed E-state index contributed by atoms with van der Waals surface area (Å²) in [6.07, 6.45) is 0. The number of hydrogen-bond donors (Lipinski definition) is 2. The summed E-state index contributed by atoms with van der Waals surface area (Å²) in [5.41, 5.74) is 4.37. The van der Waals surface area contributed by atoms with Gasteiger partial charge in [-0.25, -0.2) is 0 Å². The van der Waals surface area contributed by atoms with Crippen molar-refractivity contribution in [3.63, 3.8) is 0 Å². The first-order valence-electron chi connectivity index (χ1n) is 8.94. The molecule has 0 aromatic heterocycles. The summed E-state index contributed by atoms with van der Waals surface area (Å²) in [7, 11) is 0. The van der Waals surface area contributed by atoms with Crippen molar-refractivity contribution in [3.8, 4) is 0 Å². The molecule has 1 aromatic carbocycles. The Hall–Kier alpha value is -0.900. The zero-order chi connectivity index (χ0) is 18.4. The highest BCUT2D eigenvalue weighted by Gasteiger charge is 2.28. The third-order valence-electron chi connectivity index (χ3n) is 3.74. The average Bonchev–Trinajstić information content (AvgIpc) is 2.50. The van der Waals surface area contributed by atoms with Gasteiger partial charge in [-0.2, -0.15) is 0 Å².